The number of rotatable bonds is 2. The average Bonchev–Trinajstić information content (AvgIpc) is 2.29. The zero-order valence-electron chi connectivity index (χ0n) is 9.48. The van der Waals surface area contributed by atoms with E-state index in [4.69, 9.17) is 4.74 Å². The Hall–Kier alpha value is -1.06. The first-order valence-electron chi connectivity index (χ1n) is 6.10. The van der Waals surface area contributed by atoms with Gasteiger partial charge in [-0.3, -0.25) is 0 Å². The average molecular weight is 218 g/mol. The van der Waals surface area contributed by atoms with Crippen LogP contribution in [0, 0.1) is 0 Å². The molecule has 1 atom stereocenters. The molecule has 2 fully saturated rings. The highest BCUT2D eigenvalue weighted by molar-refractivity contribution is 5.55. The normalized spacial score (nSPS) is 25.2. The van der Waals surface area contributed by atoms with Gasteiger partial charge in [-0.2, -0.15) is 0 Å². The molecule has 3 rings (SSSR count). The smallest absolute Gasteiger partial charge is 0.0642 e. The van der Waals surface area contributed by atoms with Crippen LogP contribution in [0.5, 0.6) is 0 Å². The van der Waals surface area contributed by atoms with E-state index >= 15 is 0 Å². The minimum Gasteiger partial charge on any atom is -0.378 e. The van der Waals surface area contributed by atoms with Crippen LogP contribution < -0.4 is 10.2 Å². The minimum absolute atomic E-state index is 0.569. The van der Waals surface area contributed by atoms with Crippen LogP contribution >= 0.6 is 0 Å². The number of nitrogens with one attached hydrogen (secondary N) is 1. The molecule has 1 unspecified atom stereocenters. The Bertz CT molecular complexity index is 357. The summed E-state index contributed by atoms with van der Waals surface area (Å²) in [5.41, 5.74) is 2.85. The first-order chi connectivity index (χ1) is 7.95. The Morgan fingerprint density at radius 3 is 2.62 bits per heavy atom. The predicted octanol–water partition coefficient (Wildman–Crippen LogP) is 1.56. The molecular formula is C13H18N2O. The van der Waals surface area contributed by atoms with E-state index in [0.717, 1.165) is 32.8 Å². The van der Waals surface area contributed by atoms with Crippen molar-refractivity contribution >= 4 is 5.69 Å². The van der Waals surface area contributed by atoms with E-state index < -0.39 is 0 Å². The van der Waals surface area contributed by atoms with Gasteiger partial charge in [-0.15, -0.1) is 0 Å². The van der Waals surface area contributed by atoms with Gasteiger partial charge in [0.15, 0.2) is 0 Å². The van der Waals surface area contributed by atoms with Gasteiger partial charge in [-0.25, -0.2) is 0 Å². The molecule has 0 bridgehead atoms. The van der Waals surface area contributed by atoms with Crippen molar-refractivity contribution < 1.29 is 4.74 Å². The zero-order chi connectivity index (χ0) is 10.8. The molecule has 0 aliphatic carbocycles. The van der Waals surface area contributed by atoms with Gasteiger partial charge in [0.2, 0.25) is 0 Å². The number of nitrogens with zero attached hydrogens (tertiary/aromatic N) is 1. The number of anilines is 1. The van der Waals surface area contributed by atoms with Crippen LogP contribution in [0.15, 0.2) is 24.3 Å². The van der Waals surface area contributed by atoms with E-state index in [1.54, 1.807) is 0 Å². The Balaban J connectivity index is 1.86. The summed E-state index contributed by atoms with van der Waals surface area (Å²) in [5.74, 6) is 0. The summed E-state index contributed by atoms with van der Waals surface area (Å²) in [6.45, 7) is 4.90. The first-order valence-corrected chi connectivity index (χ1v) is 6.10. The topological polar surface area (TPSA) is 24.5 Å². The molecular weight excluding hydrogens is 200 g/mol. The molecule has 0 amide bonds. The molecule has 2 aliphatic heterocycles. The fourth-order valence-electron chi connectivity index (χ4n) is 2.43. The summed E-state index contributed by atoms with van der Waals surface area (Å²) >= 11 is 0. The van der Waals surface area contributed by atoms with Crippen LogP contribution in [0.1, 0.15) is 18.0 Å². The summed E-state index contributed by atoms with van der Waals surface area (Å²) in [4.78, 5) is 2.44. The lowest BCUT2D eigenvalue weighted by Gasteiger charge is -2.35. The molecule has 0 aromatic heterocycles. The molecule has 0 spiro atoms. The van der Waals surface area contributed by atoms with Crippen molar-refractivity contribution in [3.8, 4) is 0 Å². The quantitative estimate of drug-likeness (QED) is 0.815. The first kappa shape index (κ1) is 10.1. The van der Waals surface area contributed by atoms with Gasteiger partial charge in [0.25, 0.3) is 0 Å². The second-order valence-corrected chi connectivity index (χ2v) is 4.45. The number of benzene rings is 1. The monoisotopic (exact) mass is 218 g/mol. The Kier molecular flexibility index (Phi) is 2.80. The van der Waals surface area contributed by atoms with Crippen molar-refractivity contribution in [3.05, 3.63) is 29.8 Å². The lowest BCUT2D eigenvalue weighted by molar-refractivity contribution is 0.122. The SMILES string of the molecule is c1ccc(N2CCOCC2)c(C2CCN2)c1. The second kappa shape index (κ2) is 4.44. The predicted molar refractivity (Wildman–Crippen MR) is 64.8 cm³/mol. The van der Waals surface area contributed by atoms with Crippen molar-refractivity contribution in [3.63, 3.8) is 0 Å². The van der Waals surface area contributed by atoms with Crippen molar-refractivity contribution in [2.24, 2.45) is 0 Å². The number of morpholine rings is 1. The maximum atomic E-state index is 5.40. The molecule has 16 heavy (non-hydrogen) atoms. The van der Waals surface area contributed by atoms with Crippen molar-refractivity contribution in [1.82, 2.24) is 5.32 Å². The molecule has 3 nitrogen and oxygen atoms in total. The summed E-state index contributed by atoms with van der Waals surface area (Å²) in [6, 6.07) is 9.33. The van der Waals surface area contributed by atoms with Gasteiger partial charge < -0.3 is 15.0 Å². The lowest BCUT2D eigenvalue weighted by Crippen LogP contribution is -2.40. The largest absolute Gasteiger partial charge is 0.378 e. The number of para-hydroxylation sites is 1. The van der Waals surface area contributed by atoms with Gasteiger partial charge in [0.05, 0.1) is 13.2 Å². The van der Waals surface area contributed by atoms with E-state index in [1.807, 2.05) is 0 Å². The maximum Gasteiger partial charge on any atom is 0.0642 e. The van der Waals surface area contributed by atoms with E-state index in [0.29, 0.717) is 6.04 Å². The minimum atomic E-state index is 0.569. The summed E-state index contributed by atoms with van der Waals surface area (Å²) in [6.07, 6.45) is 1.27. The van der Waals surface area contributed by atoms with E-state index in [9.17, 15) is 0 Å². The van der Waals surface area contributed by atoms with Crippen LogP contribution in [0.3, 0.4) is 0 Å². The highest BCUT2D eigenvalue weighted by Crippen LogP contribution is 2.31. The van der Waals surface area contributed by atoms with E-state index in [-0.39, 0.29) is 0 Å². The number of hydrogen-bond donors (Lipinski definition) is 1. The zero-order valence-corrected chi connectivity index (χ0v) is 9.48. The molecule has 2 aliphatic rings. The number of hydrogen-bond acceptors (Lipinski definition) is 3. The highest BCUT2D eigenvalue weighted by atomic mass is 16.5. The van der Waals surface area contributed by atoms with Gasteiger partial charge in [0.1, 0.15) is 0 Å². The van der Waals surface area contributed by atoms with Crippen LogP contribution in [0.25, 0.3) is 0 Å². The number of ether oxygens (including phenoxy) is 1. The molecule has 2 saturated heterocycles. The van der Waals surface area contributed by atoms with Gasteiger partial charge in [0, 0.05) is 24.8 Å². The molecule has 3 heteroatoms. The standard InChI is InChI=1S/C13H18N2O/c1-2-4-13(15-7-9-16-10-8-15)11(3-1)12-5-6-14-12/h1-4,12,14H,5-10H2. The summed E-state index contributed by atoms with van der Waals surface area (Å²) in [7, 11) is 0. The Morgan fingerprint density at radius 2 is 1.94 bits per heavy atom. The highest BCUT2D eigenvalue weighted by Gasteiger charge is 2.23. The van der Waals surface area contributed by atoms with Crippen LogP contribution in [-0.2, 0) is 4.74 Å². The van der Waals surface area contributed by atoms with Gasteiger partial charge >= 0.3 is 0 Å². The molecule has 86 valence electrons. The van der Waals surface area contributed by atoms with Crippen molar-refractivity contribution in [2.45, 2.75) is 12.5 Å². The van der Waals surface area contributed by atoms with E-state index in [1.165, 1.54) is 17.7 Å². The molecule has 0 radical (unpaired) electrons. The fourth-order valence-corrected chi connectivity index (χ4v) is 2.43. The Morgan fingerprint density at radius 1 is 1.19 bits per heavy atom. The molecule has 1 aromatic carbocycles. The van der Waals surface area contributed by atoms with Crippen LogP contribution in [0.2, 0.25) is 0 Å². The van der Waals surface area contributed by atoms with Crippen molar-refractivity contribution in [1.29, 1.82) is 0 Å². The lowest BCUT2D eigenvalue weighted by atomic mass is 9.96. The van der Waals surface area contributed by atoms with Gasteiger partial charge in [-0.1, -0.05) is 18.2 Å². The molecule has 0 saturated carbocycles. The third-order valence-electron chi connectivity index (χ3n) is 3.49. The fraction of sp³-hybridized carbons (Fsp3) is 0.538. The van der Waals surface area contributed by atoms with Crippen LogP contribution in [0.4, 0.5) is 5.69 Å². The molecule has 1 N–H and O–H groups in total. The summed E-state index contributed by atoms with van der Waals surface area (Å²) < 4.78 is 5.40. The van der Waals surface area contributed by atoms with Crippen LogP contribution in [-0.4, -0.2) is 32.8 Å². The maximum absolute atomic E-state index is 5.40. The molecule has 1 aromatic rings. The molecule has 2 heterocycles. The Labute approximate surface area is 96.4 Å². The van der Waals surface area contributed by atoms with Crippen molar-refractivity contribution in [2.75, 3.05) is 37.7 Å². The van der Waals surface area contributed by atoms with E-state index in [2.05, 4.69) is 34.5 Å². The third-order valence-corrected chi connectivity index (χ3v) is 3.49. The summed E-state index contributed by atoms with van der Waals surface area (Å²) in [5, 5.41) is 3.48. The van der Waals surface area contributed by atoms with Gasteiger partial charge in [-0.05, 0) is 24.6 Å². The third kappa shape index (κ3) is 1.81. The second-order valence-electron chi connectivity index (χ2n) is 4.45.